The van der Waals surface area contributed by atoms with Gasteiger partial charge in [-0.2, -0.15) is 18.4 Å². The third-order valence-corrected chi connectivity index (χ3v) is 5.58. The highest BCUT2D eigenvalue weighted by Crippen LogP contribution is 2.32. The van der Waals surface area contributed by atoms with Crippen LogP contribution in [0.1, 0.15) is 27.2 Å². The van der Waals surface area contributed by atoms with Crippen molar-refractivity contribution in [2.45, 2.75) is 13.1 Å². The fraction of sp³-hybridized carbons (Fsp3) is 0.240. The summed E-state index contributed by atoms with van der Waals surface area (Å²) >= 11 is 0. The number of aryl methyl sites for hydroxylation is 1. The van der Waals surface area contributed by atoms with Crippen molar-refractivity contribution in [3.8, 4) is 17.2 Å². The number of alkyl halides is 3. The van der Waals surface area contributed by atoms with E-state index in [1.165, 1.54) is 18.3 Å². The summed E-state index contributed by atoms with van der Waals surface area (Å²) in [7, 11) is 0. The highest BCUT2D eigenvalue weighted by molar-refractivity contribution is 6.04. The predicted octanol–water partition coefficient (Wildman–Crippen LogP) is 5.04. The summed E-state index contributed by atoms with van der Waals surface area (Å²) in [5.41, 5.74) is 2.93. The highest BCUT2D eigenvalue weighted by Gasteiger charge is 2.31. The Morgan fingerprint density at radius 2 is 1.91 bits per heavy atom. The van der Waals surface area contributed by atoms with Crippen LogP contribution in [0.25, 0.3) is 11.1 Å². The number of carbonyl (C=O) groups excluding carboxylic acids is 1. The van der Waals surface area contributed by atoms with Crippen LogP contribution in [0.4, 0.5) is 24.5 Å². The summed E-state index contributed by atoms with van der Waals surface area (Å²) in [4.78, 5) is 19.1. The maximum atomic E-state index is 13.0. The zero-order valence-electron chi connectivity index (χ0n) is 18.3. The average Bonchev–Trinajstić information content (AvgIpc) is 2.85. The summed E-state index contributed by atoms with van der Waals surface area (Å²) in [5.74, 6) is -0.670. The van der Waals surface area contributed by atoms with Crippen LogP contribution in [0.2, 0.25) is 0 Å². The van der Waals surface area contributed by atoms with E-state index in [4.69, 9.17) is 4.74 Å². The lowest BCUT2D eigenvalue weighted by Crippen LogP contribution is -2.36. The number of morpholine rings is 1. The van der Waals surface area contributed by atoms with E-state index in [-0.39, 0.29) is 5.56 Å². The molecule has 6 nitrogen and oxygen atoms in total. The van der Waals surface area contributed by atoms with Gasteiger partial charge in [0.25, 0.3) is 5.91 Å². The summed E-state index contributed by atoms with van der Waals surface area (Å²) in [5, 5.41) is 12.2. The number of benzene rings is 2. The van der Waals surface area contributed by atoms with E-state index in [0.29, 0.717) is 43.2 Å². The molecule has 4 rings (SSSR count). The normalized spacial score (nSPS) is 13.9. The van der Waals surface area contributed by atoms with E-state index in [1.807, 2.05) is 19.1 Å². The molecule has 2 heterocycles. The van der Waals surface area contributed by atoms with Gasteiger partial charge < -0.3 is 15.0 Å². The minimum atomic E-state index is -4.54. The van der Waals surface area contributed by atoms with Crippen LogP contribution in [-0.4, -0.2) is 37.2 Å². The SMILES string of the molecule is Cc1ncc(NC(=O)c2cccc(C(F)(F)F)c2)cc1-c1ccc(C#N)c(N2CCOCC2)c1. The lowest BCUT2D eigenvalue weighted by molar-refractivity contribution is -0.137. The Kier molecular flexibility index (Phi) is 6.52. The van der Waals surface area contributed by atoms with Gasteiger partial charge in [-0.25, -0.2) is 0 Å². The lowest BCUT2D eigenvalue weighted by Gasteiger charge is -2.30. The molecule has 1 aliphatic heterocycles. The number of nitrogens with one attached hydrogen (secondary N) is 1. The van der Waals surface area contributed by atoms with E-state index < -0.39 is 17.6 Å². The van der Waals surface area contributed by atoms with Crippen LogP contribution < -0.4 is 10.2 Å². The Balaban J connectivity index is 1.63. The molecule has 34 heavy (non-hydrogen) atoms. The van der Waals surface area contributed by atoms with Crippen LogP contribution in [0, 0.1) is 18.3 Å². The summed E-state index contributed by atoms with van der Waals surface area (Å²) in [6.07, 6.45) is -3.08. The fourth-order valence-corrected chi connectivity index (χ4v) is 3.79. The molecule has 0 unspecified atom stereocenters. The fourth-order valence-electron chi connectivity index (χ4n) is 3.79. The number of aromatic nitrogens is 1. The minimum absolute atomic E-state index is 0.107. The van der Waals surface area contributed by atoms with Crippen LogP contribution in [0.15, 0.2) is 54.7 Å². The van der Waals surface area contributed by atoms with Gasteiger partial charge >= 0.3 is 6.18 Å². The maximum absolute atomic E-state index is 13.0. The zero-order chi connectivity index (χ0) is 24.3. The van der Waals surface area contributed by atoms with Crippen LogP contribution in [0.3, 0.4) is 0 Å². The Morgan fingerprint density at radius 1 is 1.15 bits per heavy atom. The van der Waals surface area contributed by atoms with Crippen LogP contribution in [-0.2, 0) is 10.9 Å². The molecule has 0 atom stereocenters. The van der Waals surface area contributed by atoms with E-state index in [9.17, 15) is 23.2 Å². The third kappa shape index (κ3) is 5.02. The number of pyridine rings is 1. The van der Waals surface area contributed by atoms with Gasteiger partial charge in [-0.15, -0.1) is 0 Å². The molecule has 1 fully saturated rings. The Bertz CT molecular complexity index is 1260. The van der Waals surface area contributed by atoms with Gasteiger partial charge in [0, 0.05) is 29.9 Å². The molecule has 174 valence electrons. The molecule has 1 aliphatic rings. The van der Waals surface area contributed by atoms with Gasteiger partial charge in [-0.3, -0.25) is 9.78 Å². The van der Waals surface area contributed by atoms with Crippen molar-refractivity contribution in [1.29, 1.82) is 5.26 Å². The van der Waals surface area contributed by atoms with E-state index in [2.05, 4.69) is 21.3 Å². The van der Waals surface area contributed by atoms with E-state index >= 15 is 0 Å². The number of hydrogen-bond acceptors (Lipinski definition) is 5. The predicted molar refractivity (Wildman–Crippen MR) is 122 cm³/mol. The lowest BCUT2D eigenvalue weighted by atomic mass is 10.0. The largest absolute Gasteiger partial charge is 0.416 e. The van der Waals surface area contributed by atoms with E-state index in [1.54, 1.807) is 12.1 Å². The maximum Gasteiger partial charge on any atom is 0.416 e. The average molecular weight is 466 g/mol. The number of nitriles is 1. The number of halogens is 3. The molecule has 1 amide bonds. The van der Waals surface area contributed by atoms with Crippen molar-refractivity contribution in [2.24, 2.45) is 0 Å². The molecule has 0 spiro atoms. The molecule has 1 aromatic heterocycles. The quantitative estimate of drug-likeness (QED) is 0.583. The molecule has 1 N–H and O–H groups in total. The van der Waals surface area contributed by atoms with Gasteiger partial charge in [-0.05, 0) is 48.9 Å². The number of rotatable bonds is 4. The van der Waals surface area contributed by atoms with Crippen LogP contribution >= 0.6 is 0 Å². The van der Waals surface area contributed by atoms with Gasteiger partial charge in [-0.1, -0.05) is 12.1 Å². The van der Waals surface area contributed by atoms with Gasteiger partial charge in [0.2, 0.25) is 0 Å². The Morgan fingerprint density at radius 3 is 2.62 bits per heavy atom. The number of nitrogens with zero attached hydrogens (tertiary/aromatic N) is 3. The van der Waals surface area contributed by atoms with Crippen molar-refractivity contribution in [2.75, 3.05) is 36.5 Å². The van der Waals surface area contributed by atoms with Crippen molar-refractivity contribution in [3.05, 3.63) is 77.1 Å². The summed E-state index contributed by atoms with van der Waals surface area (Å²) in [6.45, 7) is 4.31. The second-order valence-electron chi connectivity index (χ2n) is 7.83. The third-order valence-electron chi connectivity index (χ3n) is 5.58. The van der Waals surface area contributed by atoms with Gasteiger partial charge in [0.1, 0.15) is 6.07 Å². The molecular formula is C25H21F3N4O2. The molecule has 1 saturated heterocycles. The molecule has 0 bridgehead atoms. The van der Waals surface area contributed by atoms with Gasteiger partial charge in [0.15, 0.2) is 0 Å². The highest BCUT2D eigenvalue weighted by atomic mass is 19.4. The second-order valence-corrected chi connectivity index (χ2v) is 7.83. The molecule has 9 heteroatoms. The monoisotopic (exact) mass is 466 g/mol. The first kappa shape index (κ1) is 23.3. The Labute approximate surface area is 194 Å². The second kappa shape index (κ2) is 9.53. The Hall–Kier alpha value is -3.90. The first-order valence-corrected chi connectivity index (χ1v) is 10.6. The van der Waals surface area contributed by atoms with Crippen molar-refractivity contribution >= 4 is 17.3 Å². The number of anilines is 2. The topological polar surface area (TPSA) is 78.2 Å². The van der Waals surface area contributed by atoms with Crippen molar-refractivity contribution in [1.82, 2.24) is 4.98 Å². The number of hydrogen-bond donors (Lipinski definition) is 1. The van der Waals surface area contributed by atoms with Crippen LogP contribution in [0.5, 0.6) is 0 Å². The first-order chi connectivity index (χ1) is 16.3. The standard InChI is InChI=1S/C25H21F3N4O2/c1-16-22(17-5-6-19(14-29)23(12-17)32-7-9-34-10-8-32)13-21(15-30-16)31-24(33)18-3-2-4-20(11-18)25(26,27)28/h2-6,11-13,15H,7-10H2,1H3,(H,31,33). The molecular weight excluding hydrogens is 445 g/mol. The van der Waals surface area contributed by atoms with Crippen molar-refractivity contribution in [3.63, 3.8) is 0 Å². The van der Waals surface area contributed by atoms with Crippen molar-refractivity contribution < 1.29 is 22.7 Å². The first-order valence-electron chi connectivity index (χ1n) is 10.6. The number of carbonyl (C=O) groups is 1. The molecule has 3 aromatic rings. The molecule has 0 radical (unpaired) electrons. The molecule has 2 aromatic carbocycles. The summed E-state index contributed by atoms with van der Waals surface area (Å²) in [6, 6.07) is 13.7. The number of ether oxygens (including phenoxy) is 1. The molecule has 0 aliphatic carbocycles. The minimum Gasteiger partial charge on any atom is -0.378 e. The smallest absolute Gasteiger partial charge is 0.378 e. The number of amides is 1. The van der Waals surface area contributed by atoms with Gasteiger partial charge in [0.05, 0.1) is 41.9 Å². The zero-order valence-corrected chi connectivity index (χ0v) is 18.3. The molecule has 0 saturated carbocycles. The van der Waals surface area contributed by atoms with E-state index in [0.717, 1.165) is 28.9 Å². The summed E-state index contributed by atoms with van der Waals surface area (Å²) < 4.78 is 44.4.